The second-order valence-corrected chi connectivity index (χ2v) is 9.35. The highest BCUT2D eigenvalue weighted by molar-refractivity contribution is 5.81. The molecule has 0 saturated heterocycles. The number of halogens is 1. The molecule has 180 valence electrons. The summed E-state index contributed by atoms with van der Waals surface area (Å²) < 4.78 is 20.9. The Hall–Kier alpha value is -3.81. The number of rotatable bonds is 6. The van der Waals surface area contributed by atoms with E-state index in [4.69, 9.17) is 9.84 Å². The van der Waals surface area contributed by atoms with E-state index in [1.54, 1.807) is 18.5 Å². The maximum Gasteiger partial charge on any atom is 0.316 e. The molecular formula is C27H27FN4O3. The van der Waals surface area contributed by atoms with Crippen molar-refractivity contribution in [2.24, 2.45) is 5.92 Å². The highest BCUT2D eigenvalue weighted by Gasteiger charge is 2.24. The number of carboxylic acids is 1. The topological polar surface area (TPSA) is 101 Å². The van der Waals surface area contributed by atoms with E-state index in [1.165, 1.54) is 6.07 Å². The summed E-state index contributed by atoms with van der Waals surface area (Å²) in [5.41, 5.74) is 5.74. The molecule has 0 spiro atoms. The molecule has 1 aliphatic carbocycles. The maximum atomic E-state index is 15.0. The Labute approximate surface area is 202 Å². The van der Waals surface area contributed by atoms with Gasteiger partial charge >= 0.3 is 12.0 Å². The minimum atomic E-state index is -0.750. The van der Waals surface area contributed by atoms with Crippen molar-refractivity contribution in [3.8, 4) is 28.5 Å². The second-order valence-electron chi connectivity index (χ2n) is 9.35. The van der Waals surface area contributed by atoms with Crippen molar-refractivity contribution in [1.82, 2.24) is 19.9 Å². The van der Waals surface area contributed by atoms with Crippen LogP contribution in [0.4, 0.5) is 4.39 Å². The van der Waals surface area contributed by atoms with Crippen molar-refractivity contribution in [2.45, 2.75) is 52.1 Å². The van der Waals surface area contributed by atoms with Gasteiger partial charge in [-0.3, -0.25) is 4.79 Å². The number of carbonyl (C=O) groups is 1. The predicted octanol–water partition coefficient (Wildman–Crippen LogP) is 5.86. The van der Waals surface area contributed by atoms with Crippen LogP contribution in [0.25, 0.3) is 33.5 Å². The first-order chi connectivity index (χ1) is 16.9. The Morgan fingerprint density at radius 3 is 2.46 bits per heavy atom. The van der Waals surface area contributed by atoms with Crippen molar-refractivity contribution in [3.05, 3.63) is 59.7 Å². The zero-order valence-electron chi connectivity index (χ0n) is 19.7. The van der Waals surface area contributed by atoms with Crippen LogP contribution in [0.5, 0.6) is 6.01 Å². The highest BCUT2D eigenvalue weighted by Crippen LogP contribution is 2.30. The molecule has 2 aromatic carbocycles. The number of nitrogens with zero attached hydrogens (tertiary/aromatic N) is 3. The second kappa shape index (κ2) is 9.44. The third-order valence-corrected chi connectivity index (χ3v) is 6.81. The van der Waals surface area contributed by atoms with Gasteiger partial charge in [-0.25, -0.2) is 19.3 Å². The van der Waals surface area contributed by atoms with Gasteiger partial charge in [-0.05, 0) is 86.4 Å². The summed E-state index contributed by atoms with van der Waals surface area (Å²) in [4.78, 5) is 27.3. The van der Waals surface area contributed by atoms with Crippen LogP contribution in [0.3, 0.4) is 0 Å². The number of hydrogen-bond acceptors (Lipinski definition) is 5. The number of ether oxygens (including phenoxy) is 1. The first-order valence-corrected chi connectivity index (χ1v) is 11.8. The smallest absolute Gasteiger partial charge is 0.316 e. The third-order valence-electron chi connectivity index (χ3n) is 6.81. The molecule has 0 unspecified atom stereocenters. The number of hydrogen-bond donors (Lipinski definition) is 2. The number of benzene rings is 2. The van der Waals surface area contributed by atoms with Gasteiger partial charge in [-0.2, -0.15) is 0 Å². The summed E-state index contributed by atoms with van der Waals surface area (Å²) in [5.74, 6) is -0.428. The maximum absolute atomic E-state index is 15.0. The molecule has 1 saturated carbocycles. The van der Waals surface area contributed by atoms with Crippen molar-refractivity contribution in [3.63, 3.8) is 0 Å². The number of H-pyrrole nitrogens is 1. The van der Waals surface area contributed by atoms with Gasteiger partial charge in [0.25, 0.3) is 0 Å². The van der Waals surface area contributed by atoms with E-state index in [0.717, 1.165) is 47.8 Å². The molecule has 0 amide bonds. The Bertz CT molecular complexity index is 1340. The van der Waals surface area contributed by atoms with E-state index in [1.807, 2.05) is 32.0 Å². The Balaban J connectivity index is 1.27. The van der Waals surface area contributed by atoms with E-state index >= 15 is 4.39 Å². The highest BCUT2D eigenvalue weighted by atomic mass is 19.1. The molecule has 0 bridgehead atoms. The lowest BCUT2D eigenvalue weighted by molar-refractivity contribution is -0.138. The molecule has 1 aliphatic rings. The van der Waals surface area contributed by atoms with Gasteiger partial charge < -0.3 is 14.8 Å². The molecule has 1 fully saturated rings. The van der Waals surface area contributed by atoms with Gasteiger partial charge in [0.05, 0.1) is 16.6 Å². The van der Waals surface area contributed by atoms with E-state index in [0.29, 0.717) is 22.5 Å². The van der Waals surface area contributed by atoms with Crippen LogP contribution in [-0.4, -0.2) is 37.1 Å². The quantitative estimate of drug-likeness (QED) is 0.363. The van der Waals surface area contributed by atoms with Crippen molar-refractivity contribution in [1.29, 1.82) is 0 Å². The first kappa shape index (κ1) is 23.0. The average Bonchev–Trinajstić information content (AvgIpc) is 3.23. The standard InChI is InChI=1S/C27H27FN4O3/c1-15-9-23-24(10-16(15)2)32-26(31-23)21-8-5-18(12-22(21)28)19-13-29-27(30-14-19)35-20-6-3-17(4-7-20)11-25(33)34/h5,8-10,12-14,17,20H,3-4,6-7,11H2,1-2H3,(H,31,32)(H,33,34). The van der Waals surface area contributed by atoms with Gasteiger partial charge in [-0.15, -0.1) is 0 Å². The van der Waals surface area contributed by atoms with Crippen LogP contribution >= 0.6 is 0 Å². The van der Waals surface area contributed by atoms with Gasteiger partial charge in [0.15, 0.2) is 0 Å². The zero-order valence-corrected chi connectivity index (χ0v) is 19.7. The molecule has 0 radical (unpaired) electrons. The lowest BCUT2D eigenvalue weighted by Crippen LogP contribution is -2.25. The van der Waals surface area contributed by atoms with E-state index in [-0.39, 0.29) is 30.3 Å². The largest absolute Gasteiger partial charge is 0.481 e. The van der Waals surface area contributed by atoms with E-state index in [2.05, 4.69) is 19.9 Å². The van der Waals surface area contributed by atoms with Crippen LogP contribution in [-0.2, 0) is 4.79 Å². The van der Waals surface area contributed by atoms with Crippen LogP contribution < -0.4 is 4.74 Å². The summed E-state index contributed by atoms with van der Waals surface area (Å²) in [5, 5.41) is 8.95. The first-order valence-electron chi connectivity index (χ1n) is 11.8. The van der Waals surface area contributed by atoms with Gasteiger partial charge in [0, 0.05) is 24.4 Å². The fourth-order valence-electron chi connectivity index (χ4n) is 4.66. The van der Waals surface area contributed by atoms with E-state index in [9.17, 15) is 4.79 Å². The van der Waals surface area contributed by atoms with Crippen molar-refractivity contribution < 1.29 is 19.0 Å². The number of aromatic nitrogens is 4. The Morgan fingerprint density at radius 1 is 1.06 bits per heavy atom. The lowest BCUT2D eigenvalue weighted by Gasteiger charge is -2.27. The molecule has 2 heterocycles. The monoisotopic (exact) mass is 474 g/mol. The Morgan fingerprint density at radius 2 is 1.77 bits per heavy atom. The number of aromatic amines is 1. The van der Waals surface area contributed by atoms with Crippen LogP contribution in [0.2, 0.25) is 0 Å². The summed E-state index contributed by atoms with van der Waals surface area (Å²) in [6.45, 7) is 4.07. The van der Waals surface area contributed by atoms with Gasteiger partial charge in [-0.1, -0.05) is 6.07 Å². The molecule has 0 aliphatic heterocycles. The number of imidazole rings is 1. The van der Waals surface area contributed by atoms with Gasteiger partial charge in [0.2, 0.25) is 0 Å². The summed E-state index contributed by atoms with van der Waals surface area (Å²) in [7, 11) is 0. The van der Waals surface area contributed by atoms with Crippen molar-refractivity contribution in [2.75, 3.05) is 0 Å². The molecule has 4 aromatic rings. The third kappa shape index (κ3) is 5.01. The molecule has 5 rings (SSSR count). The fourth-order valence-corrected chi connectivity index (χ4v) is 4.66. The summed E-state index contributed by atoms with van der Waals surface area (Å²) in [6, 6.07) is 9.30. The molecule has 0 atom stereocenters. The lowest BCUT2D eigenvalue weighted by atomic mass is 9.85. The number of carboxylic acid groups (broad SMARTS) is 1. The SMILES string of the molecule is Cc1cc2nc(-c3ccc(-c4cnc(OC5CCC(CC(=O)O)CC5)nc4)cc3F)[nH]c2cc1C. The van der Waals surface area contributed by atoms with Crippen LogP contribution in [0, 0.1) is 25.6 Å². The summed E-state index contributed by atoms with van der Waals surface area (Å²) in [6.07, 6.45) is 6.67. The number of aryl methyl sites for hydroxylation is 2. The predicted molar refractivity (Wildman–Crippen MR) is 131 cm³/mol. The van der Waals surface area contributed by atoms with Crippen molar-refractivity contribution >= 4 is 17.0 Å². The Kier molecular flexibility index (Phi) is 6.19. The molecule has 35 heavy (non-hydrogen) atoms. The fraction of sp³-hybridized carbons (Fsp3) is 0.333. The van der Waals surface area contributed by atoms with Crippen LogP contribution in [0.15, 0.2) is 42.7 Å². The molecule has 8 heteroatoms. The number of fused-ring (bicyclic) bond motifs is 1. The minimum Gasteiger partial charge on any atom is -0.481 e. The number of nitrogens with one attached hydrogen (secondary N) is 1. The minimum absolute atomic E-state index is 0.0148. The molecule has 2 aromatic heterocycles. The average molecular weight is 475 g/mol. The molecule has 2 N–H and O–H groups in total. The summed E-state index contributed by atoms with van der Waals surface area (Å²) >= 11 is 0. The molecule has 7 nitrogen and oxygen atoms in total. The zero-order chi connectivity index (χ0) is 24.5. The van der Waals surface area contributed by atoms with E-state index < -0.39 is 5.97 Å². The number of aliphatic carboxylic acids is 1. The van der Waals surface area contributed by atoms with Crippen LogP contribution in [0.1, 0.15) is 43.2 Å². The van der Waals surface area contributed by atoms with Gasteiger partial charge in [0.1, 0.15) is 17.7 Å². The molecular weight excluding hydrogens is 447 g/mol. The normalized spacial score (nSPS) is 18.0.